The van der Waals surface area contributed by atoms with Gasteiger partial charge in [0.05, 0.1) is 69.7 Å². The molecule has 11 rings (SSSR count). The molecule has 2 unspecified atom stereocenters. The van der Waals surface area contributed by atoms with Crippen LogP contribution in [-0.4, -0.2) is 293 Å². The summed E-state index contributed by atoms with van der Waals surface area (Å²) in [5.41, 5.74) is -0.515. The molecule has 28 heteroatoms. The van der Waals surface area contributed by atoms with Crippen molar-refractivity contribution in [3.8, 4) is 0 Å². The Labute approximate surface area is 492 Å². The molecule has 7 heterocycles. The lowest BCUT2D eigenvalue weighted by molar-refractivity contribution is -0.409. The Morgan fingerprint density at radius 1 is 0.482 bits per heavy atom. The Kier molecular flexibility index (Phi) is 19.8. The highest BCUT2D eigenvalue weighted by Gasteiger charge is 2.73. The maximum atomic E-state index is 12.3. The second-order valence-corrected chi connectivity index (χ2v) is 27.2. The normalized spacial score (nSPS) is 57.2. The van der Waals surface area contributed by atoms with E-state index in [1.807, 2.05) is 0 Å². The Bertz CT molecular complexity index is 2200. The molecule has 4 saturated carbocycles. The van der Waals surface area contributed by atoms with Crippen LogP contribution in [0.2, 0.25) is 0 Å². The topological polar surface area (TPSA) is 434 Å². The predicted molar refractivity (Wildman–Crippen MR) is 281 cm³/mol. The van der Waals surface area contributed by atoms with E-state index in [4.69, 9.17) is 56.8 Å². The van der Waals surface area contributed by atoms with Gasteiger partial charge in [-0.05, 0) is 91.8 Å². The standard InChI is InChI=1S/C57H94O28/c1-21-7-11-57(75-19-21)22(2)34-46(85-57)40(69)35-25-6-5-23-13-30(28(63)15-56(23,4)26(25)8-10-55(34,35)3)77-52-43(72)41(70)45(33(18-61)80-52)81-54-49(48(39(68)32(17-60)79-54)83-50-42(71)36(65)29(64)20-74-50)84-53-44(73)47(38(67)31(16-59)78-53)82-51-37(66)27(62)14-24(76-51)9-12-58/h21-54,58-73H,5-20H2,1-4H3/t21-,22+,23+,24-,25-,26?,27+,28-,29-,30-,31-,32-,33-,34?,35-,36+,37-,38+,39-,40+,41-,42-,43-,44-,45+,46-,47+,48+,49-,50+,51+,52-,53+,54+,55-,56+,57-/m1/s1. The number of hydrogen-bond acceptors (Lipinski definition) is 28. The first-order valence-electron chi connectivity index (χ1n) is 30.8. The summed E-state index contributed by atoms with van der Waals surface area (Å²) in [6.07, 6.45) is -38.2. The smallest absolute Gasteiger partial charge is 0.187 e. The van der Waals surface area contributed by atoms with Gasteiger partial charge < -0.3 is 139 Å². The van der Waals surface area contributed by atoms with E-state index in [1.165, 1.54) is 0 Å². The molecule has 0 radical (unpaired) electrons. The number of hydrogen-bond donors (Lipinski definition) is 16. The van der Waals surface area contributed by atoms with Crippen molar-refractivity contribution in [2.75, 3.05) is 39.6 Å². The van der Waals surface area contributed by atoms with Crippen LogP contribution < -0.4 is 0 Å². The third-order valence-corrected chi connectivity index (χ3v) is 22.3. The quantitative estimate of drug-likeness (QED) is 0.0682. The van der Waals surface area contributed by atoms with Gasteiger partial charge in [0.2, 0.25) is 0 Å². The molecule has 11 aliphatic rings. The lowest BCUT2D eigenvalue weighted by atomic mass is 9.44. The lowest BCUT2D eigenvalue weighted by Crippen LogP contribution is -2.69. The van der Waals surface area contributed by atoms with Gasteiger partial charge in [-0.15, -0.1) is 0 Å². The zero-order valence-electron chi connectivity index (χ0n) is 48.5. The average molecular weight is 1230 g/mol. The predicted octanol–water partition coefficient (Wildman–Crippen LogP) is -5.09. The highest BCUT2D eigenvalue weighted by molar-refractivity contribution is 5.19. The van der Waals surface area contributed by atoms with Crippen LogP contribution >= 0.6 is 0 Å². The summed E-state index contributed by atoms with van der Waals surface area (Å²) >= 11 is 0. The van der Waals surface area contributed by atoms with Crippen molar-refractivity contribution in [1.82, 2.24) is 0 Å². The molecule has 0 aromatic heterocycles. The maximum absolute atomic E-state index is 12.3. The van der Waals surface area contributed by atoms with Crippen LogP contribution in [-0.2, 0) is 56.8 Å². The van der Waals surface area contributed by atoms with Crippen LogP contribution in [0.25, 0.3) is 0 Å². The Morgan fingerprint density at radius 3 is 1.79 bits per heavy atom. The van der Waals surface area contributed by atoms with E-state index in [2.05, 4.69) is 27.7 Å². The molecule has 16 N–H and O–H groups in total. The summed E-state index contributed by atoms with van der Waals surface area (Å²) in [5, 5.41) is 178. The zero-order chi connectivity index (χ0) is 60.9. The molecule has 11 fully saturated rings. The Hall–Kier alpha value is -1.12. The molecule has 7 aliphatic heterocycles. The minimum Gasteiger partial charge on any atom is -0.396 e. The van der Waals surface area contributed by atoms with Gasteiger partial charge in [0.1, 0.15) is 97.7 Å². The van der Waals surface area contributed by atoms with Gasteiger partial charge in [0, 0.05) is 31.3 Å². The maximum Gasteiger partial charge on any atom is 0.187 e. The molecule has 0 aromatic rings. The third kappa shape index (κ3) is 11.6. The number of fused-ring (bicyclic) bond motifs is 7. The second-order valence-electron chi connectivity index (χ2n) is 27.2. The molecule has 1 spiro atoms. The fraction of sp³-hybridized carbons (Fsp3) is 1.00. The number of aliphatic hydroxyl groups is 16. The van der Waals surface area contributed by atoms with Gasteiger partial charge in [0.15, 0.2) is 37.2 Å². The molecular formula is C57H94O28. The van der Waals surface area contributed by atoms with E-state index >= 15 is 0 Å². The van der Waals surface area contributed by atoms with Gasteiger partial charge in [-0.2, -0.15) is 0 Å². The molecule has 7 saturated heterocycles. The van der Waals surface area contributed by atoms with Crippen molar-refractivity contribution in [2.45, 2.75) is 263 Å². The van der Waals surface area contributed by atoms with Crippen LogP contribution in [0.15, 0.2) is 0 Å². The highest BCUT2D eigenvalue weighted by Crippen LogP contribution is 2.71. The van der Waals surface area contributed by atoms with Gasteiger partial charge in [0.25, 0.3) is 0 Å². The van der Waals surface area contributed by atoms with E-state index < -0.39 is 192 Å². The Balaban J connectivity index is 0.795. The van der Waals surface area contributed by atoms with Crippen LogP contribution in [0, 0.1) is 52.3 Å². The van der Waals surface area contributed by atoms with Gasteiger partial charge in [-0.25, -0.2) is 0 Å². The van der Waals surface area contributed by atoms with Crippen molar-refractivity contribution in [2.24, 2.45) is 52.3 Å². The fourth-order valence-corrected chi connectivity index (χ4v) is 17.6. The number of ether oxygens (including phenoxy) is 12. The summed E-state index contributed by atoms with van der Waals surface area (Å²) in [6, 6.07) is 0. The van der Waals surface area contributed by atoms with Crippen LogP contribution in [0.5, 0.6) is 0 Å². The first-order chi connectivity index (χ1) is 40.4. The third-order valence-electron chi connectivity index (χ3n) is 22.3. The molecule has 490 valence electrons. The highest BCUT2D eigenvalue weighted by atomic mass is 16.8. The summed E-state index contributed by atoms with van der Waals surface area (Å²) in [7, 11) is 0. The molecule has 4 aliphatic carbocycles. The summed E-state index contributed by atoms with van der Waals surface area (Å²) < 4.78 is 73.5. The van der Waals surface area contributed by atoms with Crippen LogP contribution in [0.3, 0.4) is 0 Å². The van der Waals surface area contributed by atoms with E-state index in [0.29, 0.717) is 25.4 Å². The molecular weight excluding hydrogens is 1130 g/mol. The monoisotopic (exact) mass is 1230 g/mol. The average Bonchev–Trinajstić information content (AvgIpc) is 2.04. The van der Waals surface area contributed by atoms with Crippen LogP contribution in [0.1, 0.15) is 91.9 Å². The largest absolute Gasteiger partial charge is 0.396 e. The fourth-order valence-electron chi connectivity index (χ4n) is 17.6. The first-order valence-corrected chi connectivity index (χ1v) is 30.8. The van der Waals surface area contributed by atoms with Crippen molar-refractivity contribution in [1.29, 1.82) is 0 Å². The Morgan fingerprint density at radius 2 is 1.11 bits per heavy atom. The minimum absolute atomic E-state index is 0.0000172. The number of rotatable bonds is 15. The minimum atomic E-state index is -2.13. The number of aliphatic hydroxyl groups excluding tert-OH is 16. The first kappa shape index (κ1) is 65.4. The van der Waals surface area contributed by atoms with Gasteiger partial charge in [-0.3, -0.25) is 0 Å². The summed E-state index contributed by atoms with van der Waals surface area (Å²) in [4.78, 5) is 0. The van der Waals surface area contributed by atoms with Crippen molar-refractivity contribution < 1.29 is 139 Å². The van der Waals surface area contributed by atoms with E-state index in [-0.39, 0.29) is 71.9 Å². The van der Waals surface area contributed by atoms with E-state index in [0.717, 1.165) is 38.5 Å². The SMILES string of the molecule is C[C@@H]1CC[C@@]2(OC1)O[C@@H]1C([C@@H]2C)[C@@]2(C)CCC3[C@@H](CC[C@H]4C[C@@H](O[C@@H]5O[C@H](CO)[C@H](O[C@@H]6O[C@H](CO)[C@@H](O)[C@H](O[C@@H]7OC[C@@H](O)[C@H](O)[C@H]7O)[C@H]6O[C@@H]6O[C@H](CO)[C@H](O)[C@H](O[C@@H]7O[C@H](CCO)C[C@H](O)[C@H]7O)[C@H]6O)[C@H](O)[C@H]5O)[C@H](O)C[C@]34C)[C@@H]2[C@@H]1O. The van der Waals surface area contributed by atoms with Gasteiger partial charge >= 0.3 is 0 Å². The van der Waals surface area contributed by atoms with Crippen molar-refractivity contribution >= 4 is 0 Å². The van der Waals surface area contributed by atoms with E-state index in [1.54, 1.807) is 0 Å². The molecule has 85 heavy (non-hydrogen) atoms. The molecule has 0 bridgehead atoms. The second kappa shape index (κ2) is 25.8. The van der Waals surface area contributed by atoms with Crippen molar-refractivity contribution in [3.63, 3.8) is 0 Å². The molecule has 0 amide bonds. The molecule has 28 nitrogen and oxygen atoms in total. The lowest BCUT2D eigenvalue weighted by Gasteiger charge is -2.62. The van der Waals surface area contributed by atoms with Gasteiger partial charge in [-0.1, -0.05) is 27.7 Å². The van der Waals surface area contributed by atoms with E-state index in [9.17, 15) is 81.7 Å². The van der Waals surface area contributed by atoms with Crippen LogP contribution in [0.4, 0.5) is 0 Å². The van der Waals surface area contributed by atoms with Crippen molar-refractivity contribution in [3.05, 3.63) is 0 Å². The summed E-state index contributed by atoms with van der Waals surface area (Å²) in [5.74, 6) is 0.446. The molecule has 0 aromatic carbocycles. The molecule has 37 atom stereocenters. The summed E-state index contributed by atoms with van der Waals surface area (Å²) in [6.45, 7) is 5.86. The zero-order valence-corrected chi connectivity index (χ0v) is 48.5.